The van der Waals surface area contributed by atoms with E-state index in [0.29, 0.717) is 0 Å². The maximum absolute atomic E-state index is 6.13. The van der Waals surface area contributed by atoms with Gasteiger partial charge in [-0.25, -0.2) is 0 Å². The Balaban J connectivity index is 2.46. The Morgan fingerprint density at radius 1 is 1.31 bits per heavy atom. The number of rotatable bonds is 6. The number of nitrogen functional groups attached to an aromatic ring is 1. The summed E-state index contributed by atoms with van der Waals surface area (Å²) >= 11 is 6.13. The van der Waals surface area contributed by atoms with Crippen LogP contribution < -0.4 is 5.73 Å². The molecule has 0 heterocycles. The predicted octanol–water partition coefficient (Wildman–Crippen LogP) is 3.54. The van der Waals surface area contributed by atoms with Gasteiger partial charge in [0.15, 0.2) is 0 Å². The van der Waals surface area contributed by atoms with Gasteiger partial charge in [-0.05, 0) is 37.7 Å². The summed E-state index contributed by atoms with van der Waals surface area (Å²) in [6.45, 7) is 4.23. The second kappa shape index (κ2) is 6.77. The molecule has 0 atom stereocenters. The standard InChI is InChI=1S/C13H21ClN2/c1-3-4-5-8-16(2)10-11-6-7-12(15)9-13(11)14/h6-7,9H,3-5,8,10,15H2,1-2H3. The van der Waals surface area contributed by atoms with Crippen molar-refractivity contribution in [1.82, 2.24) is 4.90 Å². The van der Waals surface area contributed by atoms with E-state index in [0.717, 1.165) is 29.4 Å². The van der Waals surface area contributed by atoms with Crippen molar-refractivity contribution < 1.29 is 0 Å². The first-order chi connectivity index (χ1) is 7.63. The molecule has 0 bridgehead atoms. The van der Waals surface area contributed by atoms with Crippen LogP contribution in [-0.2, 0) is 6.54 Å². The van der Waals surface area contributed by atoms with Crippen molar-refractivity contribution in [1.29, 1.82) is 0 Å². The zero-order chi connectivity index (χ0) is 12.0. The number of hydrogen-bond acceptors (Lipinski definition) is 2. The van der Waals surface area contributed by atoms with E-state index < -0.39 is 0 Å². The largest absolute Gasteiger partial charge is 0.399 e. The van der Waals surface area contributed by atoms with Crippen LogP contribution in [0.2, 0.25) is 5.02 Å². The second-order valence-corrected chi connectivity index (χ2v) is 4.70. The highest BCUT2D eigenvalue weighted by Crippen LogP contribution is 2.20. The van der Waals surface area contributed by atoms with Gasteiger partial charge >= 0.3 is 0 Å². The highest BCUT2D eigenvalue weighted by molar-refractivity contribution is 6.31. The molecular weight excluding hydrogens is 220 g/mol. The molecule has 16 heavy (non-hydrogen) atoms. The molecule has 0 radical (unpaired) electrons. The Bertz CT molecular complexity index is 326. The number of nitrogens with zero attached hydrogens (tertiary/aromatic N) is 1. The molecule has 1 aromatic carbocycles. The minimum atomic E-state index is 0.724. The molecule has 0 aromatic heterocycles. The maximum atomic E-state index is 6.13. The van der Waals surface area contributed by atoms with E-state index >= 15 is 0 Å². The van der Waals surface area contributed by atoms with E-state index in [1.54, 1.807) is 0 Å². The van der Waals surface area contributed by atoms with Gasteiger partial charge in [0.25, 0.3) is 0 Å². The zero-order valence-electron chi connectivity index (χ0n) is 10.2. The Morgan fingerprint density at radius 3 is 2.69 bits per heavy atom. The van der Waals surface area contributed by atoms with Crippen LogP contribution in [0.5, 0.6) is 0 Å². The minimum absolute atomic E-state index is 0.724. The first-order valence-corrected chi connectivity index (χ1v) is 6.23. The summed E-state index contributed by atoms with van der Waals surface area (Å²) in [6.07, 6.45) is 3.80. The summed E-state index contributed by atoms with van der Waals surface area (Å²) in [5.74, 6) is 0. The molecule has 0 spiro atoms. The zero-order valence-corrected chi connectivity index (χ0v) is 10.9. The minimum Gasteiger partial charge on any atom is -0.399 e. The summed E-state index contributed by atoms with van der Waals surface area (Å²) in [4.78, 5) is 2.30. The fourth-order valence-electron chi connectivity index (χ4n) is 1.69. The van der Waals surface area contributed by atoms with E-state index in [2.05, 4.69) is 18.9 Å². The van der Waals surface area contributed by atoms with Gasteiger partial charge in [-0.2, -0.15) is 0 Å². The number of halogens is 1. The van der Waals surface area contributed by atoms with E-state index in [-0.39, 0.29) is 0 Å². The number of anilines is 1. The summed E-state index contributed by atoms with van der Waals surface area (Å²) in [5.41, 5.74) is 7.53. The average Bonchev–Trinajstić information content (AvgIpc) is 2.23. The van der Waals surface area contributed by atoms with Crippen molar-refractivity contribution in [2.24, 2.45) is 0 Å². The molecule has 0 unspecified atom stereocenters. The lowest BCUT2D eigenvalue weighted by Crippen LogP contribution is -2.19. The van der Waals surface area contributed by atoms with Gasteiger partial charge in [0.1, 0.15) is 0 Å². The molecule has 1 rings (SSSR count). The van der Waals surface area contributed by atoms with Crippen molar-refractivity contribution in [3.8, 4) is 0 Å². The van der Waals surface area contributed by atoms with Gasteiger partial charge in [0.2, 0.25) is 0 Å². The van der Waals surface area contributed by atoms with Crippen molar-refractivity contribution in [2.75, 3.05) is 19.3 Å². The van der Waals surface area contributed by atoms with Crippen LogP contribution in [0, 0.1) is 0 Å². The molecule has 0 fully saturated rings. The Morgan fingerprint density at radius 2 is 2.06 bits per heavy atom. The van der Waals surface area contributed by atoms with Crippen LogP contribution in [0.4, 0.5) is 5.69 Å². The third-order valence-corrected chi connectivity index (χ3v) is 3.01. The van der Waals surface area contributed by atoms with Crippen LogP contribution in [0.1, 0.15) is 31.7 Å². The fraction of sp³-hybridized carbons (Fsp3) is 0.538. The van der Waals surface area contributed by atoms with Gasteiger partial charge in [0.05, 0.1) is 0 Å². The first kappa shape index (κ1) is 13.3. The molecule has 2 nitrogen and oxygen atoms in total. The van der Waals surface area contributed by atoms with Crippen molar-refractivity contribution >= 4 is 17.3 Å². The van der Waals surface area contributed by atoms with Gasteiger partial charge in [-0.1, -0.05) is 37.4 Å². The molecule has 2 N–H and O–H groups in total. The lowest BCUT2D eigenvalue weighted by Gasteiger charge is -2.17. The Kier molecular flexibility index (Phi) is 5.64. The summed E-state index contributed by atoms with van der Waals surface area (Å²) in [7, 11) is 2.13. The lowest BCUT2D eigenvalue weighted by molar-refractivity contribution is 0.318. The third kappa shape index (κ3) is 4.42. The molecule has 0 amide bonds. The van der Waals surface area contributed by atoms with Gasteiger partial charge < -0.3 is 10.6 Å². The van der Waals surface area contributed by atoms with Gasteiger partial charge in [-0.3, -0.25) is 0 Å². The number of nitrogens with two attached hydrogens (primary N) is 1. The molecule has 90 valence electrons. The summed E-state index contributed by atoms with van der Waals surface area (Å²) in [6, 6.07) is 5.73. The van der Waals surface area contributed by atoms with Crippen molar-refractivity contribution in [2.45, 2.75) is 32.7 Å². The van der Waals surface area contributed by atoms with E-state index in [1.165, 1.54) is 19.3 Å². The quantitative estimate of drug-likeness (QED) is 0.609. The van der Waals surface area contributed by atoms with Crippen molar-refractivity contribution in [3.63, 3.8) is 0 Å². The smallest absolute Gasteiger partial charge is 0.0471 e. The molecule has 0 saturated heterocycles. The molecule has 0 aliphatic rings. The van der Waals surface area contributed by atoms with Gasteiger partial charge in [0, 0.05) is 17.3 Å². The fourth-order valence-corrected chi connectivity index (χ4v) is 1.94. The van der Waals surface area contributed by atoms with Crippen LogP contribution >= 0.6 is 11.6 Å². The molecule has 3 heteroatoms. The van der Waals surface area contributed by atoms with Crippen LogP contribution in [0.3, 0.4) is 0 Å². The monoisotopic (exact) mass is 240 g/mol. The molecule has 0 aliphatic heterocycles. The Labute approximate surface area is 103 Å². The average molecular weight is 241 g/mol. The Hall–Kier alpha value is -0.730. The normalized spacial score (nSPS) is 11.0. The van der Waals surface area contributed by atoms with Crippen LogP contribution in [-0.4, -0.2) is 18.5 Å². The first-order valence-electron chi connectivity index (χ1n) is 5.86. The SMILES string of the molecule is CCCCCN(C)Cc1ccc(N)cc1Cl. The molecule has 0 saturated carbocycles. The maximum Gasteiger partial charge on any atom is 0.0471 e. The molecular formula is C13H21ClN2. The number of benzene rings is 1. The predicted molar refractivity (Wildman–Crippen MR) is 71.7 cm³/mol. The molecule has 0 aliphatic carbocycles. The lowest BCUT2D eigenvalue weighted by atomic mass is 10.2. The third-order valence-electron chi connectivity index (χ3n) is 2.66. The topological polar surface area (TPSA) is 29.3 Å². The highest BCUT2D eigenvalue weighted by atomic mass is 35.5. The molecule has 1 aromatic rings. The van der Waals surface area contributed by atoms with E-state index in [9.17, 15) is 0 Å². The number of unbranched alkanes of at least 4 members (excludes halogenated alkanes) is 2. The van der Waals surface area contributed by atoms with Crippen LogP contribution in [0.25, 0.3) is 0 Å². The van der Waals surface area contributed by atoms with Gasteiger partial charge in [-0.15, -0.1) is 0 Å². The number of hydrogen-bond donors (Lipinski definition) is 1. The van der Waals surface area contributed by atoms with Crippen LogP contribution in [0.15, 0.2) is 18.2 Å². The second-order valence-electron chi connectivity index (χ2n) is 4.30. The summed E-state index contributed by atoms with van der Waals surface area (Å²) < 4.78 is 0. The van der Waals surface area contributed by atoms with E-state index in [4.69, 9.17) is 17.3 Å². The van der Waals surface area contributed by atoms with E-state index in [1.807, 2.05) is 18.2 Å². The highest BCUT2D eigenvalue weighted by Gasteiger charge is 2.04. The van der Waals surface area contributed by atoms with Crippen molar-refractivity contribution in [3.05, 3.63) is 28.8 Å². The summed E-state index contributed by atoms with van der Waals surface area (Å²) in [5, 5.41) is 0.766.